The highest BCUT2D eigenvalue weighted by Gasteiger charge is 2.11. The van der Waals surface area contributed by atoms with Crippen molar-refractivity contribution in [1.82, 2.24) is 5.32 Å². The molecular weight excluding hydrogens is 268 g/mol. The van der Waals surface area contributed by atoms with Crippen molar-refractivity contribution in [2.24, 2.45) is 0 Å². The third-order valence-electron chi connectivity index (χ3n) is 3.39. The monoisotopic (exact) mass is 284 g/mol. The minimum atomic E-state index is 0.205. The summed E-state index contributed by atoms with van der Waals surface area (Å²) in [7, 11) is 0. The smallest absolute Gasteiger partial charge is 0.0991 e. The van der Waals surface area contributed by atoms with Crippen LogP contribution in [0.3, 0.4) is 0 Å². The lowest BCUT2D eigenvalue weighted by Gasteiger charge is -2.21. The number of nitriles is 1. The van der Waals surface area contributed by atoms with Gasteiger partial charge in [0.1, 0.15) is 0 Å². The van der Waals surface area contributed by atoms with Crippen LogP contribution < -0.4 is 5.32 Å². The summed E-state index contributed by atoms with van der Waals surface area (Å²) in [4.78, 5) is 0. The summed E-state index contributed by atoms with van der Waals surface area (Å²) in [5.74, 6) is 0. The van der Waals surface area contributed by atoms with Crippen LogP contribution in [0, 0.1) is 11.3 Å². The highest BCUT2D eigenvalue weighted by Crippen LogP contribution is 2.21. The Hall–Kier alpha value is -1.82. The first-order valence-corrected chi connectivity index (χ1v) is 6.99. The Morgan fingerprint density at radius 2 is 1.65 bits per heavy atom. The van der Waals surface area contributed by atoms with Crippen molar-refractivity contribution in [1.29, 1.82) is 5.26 Å². The minimum Gasteiger partial charge on any atom is -0.304 e. The number of halogens is 1. The fourth-order valence-corrected chi connectivity index (χ4v) is 2.39. The average Bonchev–Trinajstić information content (AvgIpc) is 2.47. The van der Waals surface area contributed by atoms with Crippen LogP contribution in [0.2, 0.25) is 5.02 Å². The summed E-state index contributed by atoms with van der Waals surface area (Å²) in [6.45, 7) is 4.23. The first-order chi connectivity index (χ1) is 9.60. The summed E-state index contributed by atoms with van der Waals surface area (Å²) in [6.07, 6.45) is 0. The number of hydrogen-bond acceptors (Lipinski definition) is 2. The molecule has 0 aliphatic rings. The van der Waals surface area contributed by atoms with Crippen molar-refractivity contribution in [2.45, 2.75) is 25.9 Å². The molecule has 0 aliphatic heterocycles. The van der Waals surface area contributed by atoms with Gasteiger partial charge in [-0.3, -0.25) is 0 Å². The fourth-order valence-electron chi connectivity index (χ4n) is 2.19. The summed E-state index contributed by atoms with van der Waals surface area (Å²) in [5.41, 5.74) is 3.01. The maximum absolute atomic E-state index is 8.81. The molecule has 0 fully saturated rings. The van der Waals surface area contributed by atoms with Gasteiger partial charge in [0.15, 0.2) is 0 Å². The average molecular weight is 285 g/mol. The third-order valence-corrected chi connectivity index (χ3v) is 3.62. The van der Waals surface area contributed by atoms with Crippen LogP contribution in [-0.2, 0) is 0 Å². The van der Waals surface area contributed by atoms with Crippen molar-refractivity contribution in [3.63, 3.8) is 0 Å². The highest BCUT2D eigenvalue weighted by atomic mass is 35.5. The Balaban J connectivity index is 2.06. The van der Waals surface area contributed by atoms with Crippen LogP contribution in [-0.4, -0.2) is 0 Å². The van der Waals surface area contributed by atoms with Gasteiger partial charge in [0.25, 0.3) is 0 Å². The standard InChI is InChI=1S/C17H17ClN2/c1-12(15-8-6-14(11-19)7-9-15)20-13(2)16-4-3-5-17(18)10-16/h3-10,12-13,20H,1-2H3. The van der Waals surface area contributed by atoms with E-state index in [0.717, 1.165) is 16.1 Å². The van der Waals surface area contributed by atoms with E-state index in [1.54, 1.807) is 0 Å². The topological polar surface area (TPSA) is 35.8 Å². The van der Waals surface area contributed by atoms with Gasteiger partial charge >= 0.3 is 0 Å². The quantitative estimate of drug-likeness (QED) is 0.889. The molecule has 3 heteroatoms. The molecule has 0 saturated carbocycles. The third kappa shape index (κ3) is 3.60. The zero-order valence-corrected chi connectivity index (χ0v) is 12.4. The van der Waals surface area contributed by atoms with Crippen LogP contribution >= 0.6 is 11.6 Å². The first-order valence-electron chi connectivity index (χ1n) is 6.61. The molecule has 20 heavy (non-hydrogen) atoms. The lowest BCUT2D eigenvalue weighted by atomic mass is 10.0. The van der Waals surface area contributed by atoms with Gasteiger partial charge < -0.3 is 5.32 Å². The van der Waals surface area contributed by atoms with Crippen LogP contribution in [0.5, 0.6) is 0 Å². The second kappa shape index (κ2) is 6.56. The Morgan fingerprint density at radius 1 is 1.00 bits per heavy atom. The van der Waals surface area contributed by atoms with Gasteiger partial charge in [-0.1, -0.05) is 35.9 Å². The molecule has 2 rings (SSSR count). The van der Waals surface area contributed by atoms with Gasteiger partial charge in [-0.15, -0.1) is 0 Å². The van der Waals surface area contributed by atoms with Crippen LogP contribution in [0.25, 0.3) is 0 Å². The molecule has 0 spiro atoms. The van der Waals surface area contributed by atoms with Crippen molar-refractivity contribution in [3.05, 3.63) is 70.2 Å². The van der Waals surface area contributed by atoms with Gasteiger partial charge in [-0.2, -0.15) is 5.26 Å². The fraction of sp³-hybridized carbons (Fsp3) is 0.235. The van der Waals surface area contributed by atoms with Gasteiger partial charge in [0, 0.05) is 17.1 Å². The Bertz CT molecular complexity index is 614. The van der Waals surface area contributed by atoms with Crippen molar-refractivity contribution < 1.29 is 0 Å². The van der Waals surface area contributed by atoms with E-state index >= 15 is 0 Å². The number of rotatable bonds is 4. The molecule has 102 valence electrons. The summed E-state index contributed by atoms with van der Waals surface area (Å²) < 4.78 is 0. The lowest BCUT2D eigenvalue weighted by Crippen LogP contribution is -2.22. The SMILES string of the molecule is CC(NC(C)c1cccc(Cl)c1)c1ccc(C#N)cc1. The largest absolute Gasteiger partial charge is 0.304 e. The van der Waals surface area contributed by atoms with E-state index in [1.807, 2.05) is 42.5 Å². The molecule has 2 aromatic carbocycles. The zero-order valence-electron chi connectivity index (χ0n) is 11.6. The molecule has 0 amide bonds. The number of hydrogen-bond donors (Lipinski definition) is 1. The van der Waals surface area contributed by atoms with Crippen LogP contribution in [0.1, 0.15) is 42.6 Å². The van der Waals surface area contributed by atoms with Crippen molar-refractivity contribution in [3.8, 4) is 6.07 Å². The molecule has 0 bridgehead atoms. The lowest BCUT2D eigenvalue weighted by molar-refractivity contribution is 0.494. The van der Waals surface area contributed by atoms with E-state index in [1.165, 1.54) is 0 Å². The summed E-state index contributed by atoms with van der Waals surface area (Å²) >= 11 is 6.02. The molecule has 0 aliphatic carbocycles. The van der Waals surface area contributed by atoms with E-state index in [-0.39, 0.29) is 12.1 Å². The molecule has 2 nitrogen and oxygen atoms in total. The molecule has 2 atom stereocenters. The molecule has 0 aromatic heterocycles. The summed E-state index contributed by atoms with van der Waals surface area (Å²) in [6, 6.07) is 18.1. The number of nitrogens with one attached hydrogen (secondary N) is 1. The number of nitrogens with zero attached hydrogens (tertiary/aromatic N) is 1. The van der Waals surface area contributed by atoms with E-state index in [2.05, 4.69) is 31.3 Å². The Morgan fingerprint density at radius 3 is 2.25 bits per heavy atom. The Labute approximate surface area is 125 Å². The van der Waals surface area contributed by atoms with Crippen LogP contribution in [0.4, 0.5) is 0 Å². The second-order valence-electron chi connectivity index (χ2n) is 4.90. The normalized spacial score (nSPS) is 13.5. The van der Waals surface area contributed by atoms with E-state index in [0.29, 0.717) is 5.56 Å². The van der Waals surface area contributed by atoms with Gasteiger partial charge in [0.05, 0.1) is 11.6 Å². The molecule has 1 N–H and O–H groups in total. The first kappa shape index (κ1) is 14.6. The Kier molecular flexibility index (Phi) is 4.79. The maximum atomic E-state index is 8.81. The van der Waals surface area contributed by atoms with E-state index in [9.17, 15) is 0 Å². The van der Waals surface area contributed by atoms with Crippen molar-refractivity contribution in [2.75, 3.05) is 0 Å². The van der Waals surface area contributed by atoms with E-state index in [4.69, 9.17) is 16.9 Å². The second-order valence-corrected chi connectivity index (χ2v) is 5.34. The van der Waals surface area contributed by atoms with Crippen LogP contribution in [0.15, 0.2) is 48.5 Å². The minimum absolute atomic E-state index is 0.205. The molecule has 0 saturated heterocycles. The number of benzene rings is 2. The van der Waals surface area contributed by atoms with E-state index < -0.39 is 0 Å². The molecular formula is C17H17ClN2. The van der Waals surface area contributed by atoms with Gasteiger partial charge in [-0.25, -0.2) is 0 Å². The molecule has 2 aromatic rings. The summed E-state index contributed by atoms with van der Waals surface area (Å²) in [5, 5.41) is 13.1. The van der Waals surface area contributed by atoms with Gasteiger partial charge in [0.2, 0.25) is 0 Å². The highest BCUT2D eigenvalue weighted by molar-refractivity contribution is 6.30. The van der Waals surface area contributed by atoms with Crippen molar-refractivity contribution >= 4 is 11.6 Å². The van der Waals surface area contributed by atoms with Gasteiger partial charge in [-0.05, 0) is 49.2 Å². The predicted molar refractivity (Wildman–Crippen MR) is 82.6 cm³/mol. The molecule has 0 radical (unpaired) electrons. The zero-order chi connectivity index (χ0) is 14.5. The maximum Gasteiger partial charge on any atom is 0.0991 e. The molecule has 2 unspecified atom stereocenters. The predicted octanol–water partition coefficient (Wildman–Crippen LogP) is 4.62. The molecule has 0 heterocycles.